The third-order valence-electron chi connectivity index (χ3n) is 3.50. The zero-order valence-electron chi connectivity index (χ0n) is 13.2. The predicted molar refractivity (Wildman–Crippen MR) is 84.5 cm³/mol. The summed E-state index contributed by atoms with van der Waals surface area (Å²) >= 11 is 0. The van der Waals surface area contributed by atoms with E-state index in [-0.39, 0.29) is 18.0 Å². The van der Waals surface area contributed by atoms with E-state index in [1.165, 1.54) is 23.9 Å². The molecule has 0 aliphatic heterocycles. The zero-order valence-corrected chi connectivity index (χ0v) is 13.2. The molecule has 1 aromatic heterocycles. The molecule has 0 fully saturated rings. The van der Waals surface area contributed by atoms with Crippen molar-refractivity contribution in [2.45, 2.75) is 12.7 Å². The van der Waals surface area contributed by atoms with Gasteiger partial charge in [0.15, 0.2) is 5.82 Å². The van der Waals surface area contributed by atoms with Gasteiger partial charge >= 0.3 is 6.18 Å². The van der Waals surface area contributed by atoms with Gasteiger partial charge in [-0.2, -0.15) is 17.9 Å². The van der Waals surface area contributed by atoms with Crippen molar-refractivity contribution in [2.24, 2.45) is 0 Å². The van der Waals surface area contributed by atoms with Crippen LogP contribution >= 0.6 is 0 Å². The summed E-state index contributed by atoms with van der Waals surface area (Å²) in [6.07, 6.45) is -4.51. The summed E-state index contributed by atoms with van der Waals surface area (Å²) in [7, 11) is 1.32. The second-order valence-electron chi connectivity index (χ2n) is 5.11. The molecule has 0 bridgehead atoms. The number of methoxy groups -OCH3 is 1. The Bertz CT molecular complexity index is 848. The zero-order chi connectivity index (χ0) is 17.9. The fraction of sp³-hybridized carbons (Fsp3) is 0.188. The summed E-state index contributed by atoms with van der Waals surface area (Å²) in [6.45, 7) is 0.0251. The first-order chi connectivity index (χ1) is 12.0. The highest BCUT2D eigenvalue weighted by molar-refractivity contribution is 5.55. The van der Waals surface area contributed by atoms with Crippen LogP contribution in [0.15, 0.2) is 48.5 Å². The molecule has 0 radical (unpaired) electrons. The SMILES string of the molecule is COc1ccc(NCc2nnnn2-c2ccccc2)c(C(F)(F)F)c1. The molecule has 3 rings (SSSR count). The van der Waals surface area contributed by atoms with E-state index >= 15 is 0 Å². The molecule has 0 atom stereocenters. The Balaban J connectivity index is 1.85. The van der Waals surface area contributed by atoms with Crippen LogP contribution in [0.1, 0.15) is 11.4 Å². The van der Waals surface area contributed by atoms with Crippen LogP contribution in [0, 0.1) is 0 Å². The molecule has 0 saturated carbocycles. The van der Waals surface area contributed by atoms with E-state index in [4.69, 9.17) is 4.74 Å². The van der Waals surface area contributed by atoms with Gasteiger partial charge in [0, 0.05) is 5.69 Å². The lowest BCUT2D eigenvalue weighted by Crippen LogP contribution is -2.13. The normalized spacial score (nSPS) is 11.4. The number of tetrazole rings is 1. The number of anilines is 1. The maximum Gasteiger partial charge on any atom is 0.418 e. The van der Waals surface area contributed by atoms with Crippen molar-refractivity contribution in [3.63, 3.8) is 0 Å². The average Bonchev–Trinajstić information content (AvgIpc) is 3.08. The van der Waals surface area contributed by atoms with Crippen molar-refractivity contribution < 1.29 is 17.9 Å². The van der Waals surface area contributed by atoms with Gasteiger partial charge in [0.05, 0.1) is 24.9 Å². The van der Waals surface area contributed by atoms with Gasteiger partial charge in [-0.15, -0.1) is 5.10 Å². The molecule has 130 valence electrons. The first kappa shape index (κ1) is 16.7. The number of benzene rings is 2. The first-order valence-corrected chi connectivity index (χ1v) is 7.31. The van der Waals surface area contributed by atoms with E-state index in [9.17, 15) is 13.2 Å². The molecular formula is C16H14F3N5O. The molecule has 25 heavy (non-hydrogen) atoms. The van der Waals surface area contributed by atoms with Crippen molar-refractivity contribution in [3.05, 3.63) is 59.9 Å². The second kappa shape index (κ2) is 6.80. The number of aromatic nitrogens is 4. The minimum Gasteiger partial charge on any atom is -0.497 e. The van der Waals surface area contributed by atoms with Gasteiger partial charge < -0.3 is 10.1 Å². The van der Waals surface area contributed by atoms with Crippen LogP contribution in [0.2, 0.25) is 0 Å². The molecule has 2 aromatic carbocycles. The van der Waals surface area contributed by atoms with Crippen molar-refractivity contribution in [3.8, 4) is 11.4 Å². The second-order valence-corrected chi connectivity index (χ2v) is 5.11. The van der Waals surface area contributed by atoms with E-state index in [2.05, 4.69) is 20.8 Å². The number of para-hydroxylation sites is 1. The van der Waals surface area contributed by atoms with Crippen LogP contribution in [0.5, 0.6) is 5.75 Å². The van der Waals surface area contributed by atoms with Gasteiger partial charge in [-0.1, -0.05) is 18.2 Å². The van der Waals surface area contributed by atoms with E-state index in [0.29, 0.717) is 5.82 Å². The lowest BCUT2D eigenvalue weighted by Gasteiger charge is -2.15. The summed E-state index contributed by atoms with van der Waals surface area (Å²) in [6, 6.07) is 12.8. The van der Waals surface area contributed by atoms with Gasteiger partial charge in [0.1, 0.15) is 5.75 Å². The number of hydrogen-bond acceptors (Lipinski definition) is 5. The molecule has 0 spiro atoms. The van der Waals surface area contributed by atoms with Gasteiger partial charge in [-0.25, -0.2) is 0 Å². The third-order valence-corrected chi connectivity index (χ3v) is 3.50. The first-order valence-electron chi connectivity index (χ1n) is 7.31. The van der Waals surface area contributed by atoms with Gasteiger partial charge in [0.25, 0.3) is 0 Å². The Kier molecular flexibility index (Phi) is 4.55. The summed E-state index contributed by atoms with van der Waals surface area (Å²) in [5.41, 5.74) is -0.170. The maximum absolute atomic E-state index is 13.2. The van der Waals surface area contributed by atoms with Crippen molar-refractivity contribution >= 4 is 5.69 Å². The van der Waals surface area contributed by atoms with Crippen LogP contribution in [0.3, 0.4) is 0 Å². The molecule has 0 aliphatic carbocycles. The van der Waals surface area contributed by atoms with Crippen molar-refractivity contribution in [2.75, 3.05) is 12.4 Å². The van der Waals surface area contributed by atoms with Gasteiger partial charge in [-0.05, 0) is 40.8 Å². The number of ether oxygens (including phenoxy) is 1. The molecule has 1 heterocycles. The minimum absolute atomic E-state index is 0.0251. The molecule has 6 nitrogen and oxygen atoms in total. The van der Waals surface area contributed by atoms with E-state index in [0.717, 1.165) is 11.8 Å². The Labute approximate surface area is 141 Å². The lowest BCUT2D eigenvalue weighted by atomic mass is 10.1. The van der Waals surface area contributed by atoms with E-state index in [1.807, 2.05) is 18.2 Å². The molecule has 0 amide bonds. The van der Waals surface area contributed by atoms with Crippen molar-refractivity contribution in [1.82, 2.24) is 20.2 Å². The fourth-order valence-corrected chi connectivity index (χ4v) is 2.30. The number of nitrogens with zero attached hydrogens (tertiary/aromatic N) is 4. The molecular weight excluding hydrogens is 335 g/mol. The molecule has 9 heteroatoms. The topological polar surface area (TPSA) is 64.9 Å². The number of alkyl halides is 3. The minimum atomic E-state index is -4.51. The lowest BCUT2D eigenvalue weighted by molar-refractivity contribution is -0.137. The summed E-state index contributed by atoms with van der Waals surface area (Å²) in [4.78, 5) is 0. The largest absolute Gasteiger partial charge is 0.497 e. The average molecular weight is 349 g/mol. The van der Waals surface area contributed by atoms with E-state index < -0.39 is 11.7 Å². The van der Waals surface area contributed by atoms with Crippen LogP contribution < -0.4 is 10.1 Å². The fourth-order valence-electron chi connectivity index (χ4n) is 2.30. The Morgan fingerprint density at radius 1 is 1.12 bits per heavy atom. The van der Waals surface area contributed by atoms with Crippen LogP contribution in [-0.2, 0) is 12.7 Å². The number of rotatable bonds is 5. The molecule has 0 unspecified atom stereocenters. The van der Waals surface area contributed by atoms with Crippen LogP contribution in [0.25, 0.3) is 5.69 Å². The van der Waals surface area contributed by atoms with Gasteiger partial charge in [0.2, 0.25) is 0 Å². The molecule has 3 aromatic rings. The predicted octanol–water partition coefficient (Wildman–Crippen LogP) is 3.30. The summed E-state index contributed by atoms with van der Waals surface area (Å²) in [5.74, 6) is 0.516. The van der Waals surface area contributed by atoms with Gasteiger partial charge in [-0.3, -0.25) is 0 Å². The Morgan fingerprint density at radius 2 is 1.88 bits per heavy atom. The number of nitrogens with one attached hydrogen (secondary N) is 1. The molecule has 0 saturated heterocycles. The third kappa shape index (κ3) is 3.70. The summed E-state index contributed by atoms with van der Waals surface area (Å²) < 4.78 is 46.0. The number of hydrogen-bond donors (Lipinski definition) is 1. The molecule has 1 N–H and O–H groups in total. The van der Waals surface area contributed by atoms with Crippen LogP contribution in [0.4, 0.5) is 18.9 Å². The maximum atomic E-state index is 13.2. The standard InChI is InChI=1S/C16H14F3N5O/c1-25-12-7-8-14(13(9-12)16(17,18)19)20-10-15-21-22-23-24(15)11-5-3-2-4-6-11/h2-9,20H,10H2,1H3. The monoisotopic (exact) mass is 349 g/mol. The molecule has 0 aliphatic rings. The van der Waals surface area contributed by atoms with E-state index in [1.54, 1.807) is 12.1 Å². The quantitative estimate of drug-likeness (QED) is 0.766. The number of halogens is 3. The Hall–Kier alpha value is -3.10. The highest BCUT2D eigenvalue weighted by Crippen LogP contribution is 2.37. The Morgan fingerprint density at radius 3 is 2.56 bits per heavy atom. The smallest absolute Gasteiger partial charge is 0.418 e. The highest BCUT2D eigenvalue weighted by Gasteiger charge is 2.34. The highest BCUT2D eigenvalue weighted by atomic mass is 19.4. The van der Waals surface area contributed by atoms with Crippen LogP contribution in [-0.4, -0.2) is 27.3 Å². The summed E-state index contributed by atoms with van der Waals surface area (Å²) in [5, 5.41) is 14.1. The van der Waals surface area contributed by atoms with Crippen molar-refractivity contribution in [1.29, 1.82) is 0 Å².